The number of fused-ring (bicyclic) bond motifs is 2. The van der Waals surface area contributed by atoms with Crippen LogP contribution in [0.15, 0.2) is 238 Å². The van der Waals surface area contributed by atoms with E-state index in [4.69, 9.17) is 29.9 Å². The van der Waals surface area contributed by atoms with Crippen molar-refractivity contribution < 1.29 is 74.1 Å². The summed E-state index contributed by atoms with van der Waals surface area (Å²) < 4.78 is 90.6. The van der Waals surface area contributed by atoms with Gasteiger partial charge in [0.1, 0.15) is 45.1 Å². The number of nitrogens with two attached hydrogens (primary N) is 1. The zero-order chi connectivity index (χ0) is 62.7. The van der Waals surface area contributed by atoms with Crippen LogP contribution in [0, 0.1) is 13.8 Å². The molecular weight excluding hydrogens is 1200 g/mol. The number of hydrogen-bond acceptors (Lipinski definition) is 17. The largest absolute Gasteiger partial charge is 0.497 e. The number of sulfone groups is 1. The van der Waals surface area contributed by atoms with Gasteiger partial charge < -0.3 is 24.7 Å². The van der Waals surface area contributed by atoms with Gasteiger partial charge in [-0.1, -0.05) is 76.8 Å². The average molecular weight is 1250 g/mol. The van der Waals surface area contributed by atoms with Crippen LogP contribution < -0.4 is 34.5 Å². The van der Waals surface area contributed by atoms with Gasteiger partial charge in [-0.2, -0.15) is 8.42 Å². The molecule has 0 bridgehead atoms. The summed E-state index contributed by atoms with van der Waals surface area (Å²) in [5, 5.41) is 12.5. The minimum Gasteiger partial charge on any atom is -0.497 e. The summed E-state index contributed by atoms with van der Waals surface area (Å²) in [5.41, 5.74) is 12.9. The van der Waals surface area contributed by atoms with Crippen molar-refractivity contribution in [2.45, 2.75) is 33.4 Å². The van der Waals surface area contributed by atoms with Gasteiger partial charge in [-0.15, -0.1) is 4.33 Å². The number of hydrogen-bond donors (Lipinski definition) is 3. The fraction of sp³-hybridized carbons (Fsp3) is 0.0448. The van der Waals surface area contributed by atoms with Crippen LogP contribution in [0.4, 0.5) is 17.1 Å². The number of nitrogens with zero attached hydrogens (tertiary/aromatic N) is 2. The van der Waals surface area contributed by atoms with Gasteiger partial charge in [0.25, 0.3) is 33.7 Å². The number of amides is 4. The Morgan fingerprint density at radius 1 is 0.427 bits per heavy atom. The molecule has 4 amide bonds. The maximum absolute atomic E-state index is 13.9. The third-order valence-electron chi connectivity index (χ3n) is 14.2. The van der Waals surface area contributed by atoms with Crippen LogP contribution in [-0.4, -0.2) is 57.4 Å². The molecule has 2 heterocycles. The number of ether oxygens (including phenoxy) is 4. The number of nitrogen functional groups attached to an aromatic ring is 1. The van der Waals surface area contributed by atoms with Crippen molar-refractivity contribution in [2.75, 3.05) is 22.6 Å². The minimum absolute atomic E-state index is 0.0490. The molecule has 10 aromatic rings. The lowest BCUT2D eigenvalue weighted by molar-refractivity contribution is -0.432. The number of imide groups is 2. The van der Waals surface area contributed by atoms with E-state index >= 15 is 0 Å². The van der Waals surface area contributed by atoms with Crippen LogP contribution in [-0.2, 0) is 29.3 Å². The van der Waals surface area contributed by atoms with Crippen LogP contribution in [0.1, 0.15) is 52.6 Å². The molecule has 0 saturated heterocycles. The van der Waals surface area contributed by atoms with E-state index in [-0.39, 0.29) is 49.3 Å². The molecule has 89 heavy (non-hydrogen) atoms. The van der Waals surface area contributed by atoms with Gasteiger partial charge in [-0.25, -0.2) is 23.5 Å². The molecule has 0 fully saturated rings. The van der Waals surface area contributed by atoms with E-state index in [0.29, 0.717) is 57.5 Å². The first-order valence-corrected chi connectivity index (χ1v) is 30.5. The predicted octanol–water partition coefficient (Wildman–Crippen LogP) is 14.4. The van der Waals surface area contributed by atoms with Crippen molar-refractivity contribution in [3.8, 4) is 62.5 Å². The van der Waals surface area contributed by atoms with Crippen molar-refractivity contribution in [2.24, 2.45) is 0 Å². The Bertz CT molecular complexity index is 4630. The molecule has 12 rings (SSSR count). The molecule has 0 unspecified atom stereocenters. The third-order valence-corrected chi connectivity index (χ3v) is 17.5. The van der Waals surface area contributed by atoms with E-state index in [1.54, 1.807) is 153 Å². The van der Waals surface area contributed by atoms with Gasteiger partial charge >= 0.3 is 0 Å². The van der Waals surface area contributed by atoms with E-state index in [9.17, 15) is 40.6 Å². The summed E-state index contributed by atoms with van der Waals surface area (Å²) in [4.78, 5) is 54.8. The van der Waals surface area contributed by atoms with Crippen molar-refractivity contribution in [1.29, 1.82) is 0 Å². The first kappa shape index (κ1) is 60.3. The molecule has 19 nitrogen and oxygen atoms in total. The molecule has 2 aliphatic heterocycles. The molecule has 0 aromatic heterocycles. The van der Waals surface area contributed by atoms with E-state index in [2.05, 4.69) is 16.3 Å². The Morgan fingerprint density at radius 3 is 1.30 bits per heavy atom. The fourth-order valence-corrected chi connectivity index (χ4v) is 12.2. The maximum atomic E-state index is 13.9. The smallest absolute Gasteiger partial charge is 0.298 e. The summed E-state index contributed by atoms with van der Waals surface area (Å²) >= 11 is 0.434. The molecule has 10 aromatic carbocycles. The van der Waals surface area contributed by atoms with Gasteiger partial charge in [-0.05, 0) is 194 Å². The van der Waals surface area contributed by atoms with E-state index in [1.807, 2.05) is 43.3 Å². The highest BCUT2D eigenvalue weighted by atomic mass is 32.2. The van der Waals surface area contributed by atoms with Crippen LogP contribution in [0.3, 0.4) is 0 Å². The summed E-state index contributed by atoms with van der Waals surface area (Å²) in [7, 11) is -7.84. The third kappa shape index (κ3) is 12.9. The molecule has 0 spiro atoms. The van der Waals surface area contributed by atoms with Crippen molar-refractivity contribution in [1.82, 2.24) is 0 Å². The molecule has 0 atom stereocenters. The Morgan fingerprint density at radius 2 is 0.820 bits per heavy atom. The minimum atomic E-state index is -5.05. The summed E-state index contributed by atoms with van der Waals surface area (Å²) in [6, 6.07) is 57.9. The number of rotatable bonds is 17. The standard InChI is InChI=1S/C59H39N3O15S3.C8H10O/c1-34-2-12-40(13-3-34)61-56(63)48-26-8-37(30-50(48)58(61)65)38-9-27-49-51(31-38)59(66)62(57(49)64)41-14-22-43(23-15-41)73-42-16-4-35(5-17-42)36-6-18-44(19-7-36)75-53-29-25-47(33-55(53)80(70,71)72)79(68,69)46-24-28-52(54(32-46)78-77-76-67)74-45-20-10-39(60)11-21-45;1-7-3-5-8(9-2)6-4-7/h2-33,67H,60H2,1H3,(H,70,71,72);3-6H,1-2H3. The van der Waals surface area contributed by atoms with Crippen LogP contribution in [0.5, 0.6) is 40.2 Å². The van der Waals surface area contributed by atoms with E-state index in [1.165, 1.54) is 17.7 Å². The summed E-state index contributed by atoms with van der Waals surface area (Å²) in [5.74, 6) is 0.162. The van der Waals surface area contributed by atoms with Crippen molar-refractivity contribution in [3.63, 3.8) is 0 Å². The van der Waals surface area contributed by atoms with Crippen LogP contribution in [0.2, 0.25) is 0 Å². The Balaban J connectivity index is 0.000000834. The summed E-state index contributed by atoms with van der Waals surface area (Å²) in [6.45, 7) is 3.97. The van der Waals surface area contributed by atoms with Gasteiger partial charge in [-0.3, -0.25) is 23.7 Å². The fourth-order valence-electron chi connectivity index (χ4n) is 9.63. The normalized spacial score (nSPS) is 12.7. The molecular formula is C67H49N3O16S3. The molecule has 2 aliphatic rings. The van der Waals surface area contributed by atoms with Gasteiger partial charge in [0.2, 0.25) is 9.84 Å². The summed E-state index contributed by atoms with van der Waals surface area (Å²) in [6.07, 6.45) is 0. The topological polar surface area (TPSA) is 265 Å². The van der Waals surface area contributed by atoms with Gasteiger partial charge in [0.15, 0.2) is 0 Å². The Labute approximate surface area is 514 Å². The number of anilines is 3. The molecule has 22 heteroatoms. The molecule has 446 valence electrons. The molecule has 4 N–H and O–H groups in total. The zero-order valence-corrected chi connectivity index (χ0v) is 49.5. The molecule has 0 saturated carbocycles. The highest BCUT2D eigenvalue weighted by Gasteiger charge is 2.39. The lowest BCUT2D eigenvalue weighted by atomic mass is 9.97. The number of benzene rings is 10. The highest BCUT2D eigenvalue weighted by molar-refractivity contribution is 7.94. The predicted molar refractivity (Wildman–Crippen MR) is 331 cm³/mol. The van der Waals surface area contributed by atoms with E-state index in [0.717, 1.165) is 56.5 Å². The van der Waals surface area contributed by atoms with Gasteiger partial charge in [0.05, 0.1) is 67.5 Å². The number of methoxy groups -OCH3 is 1. The first-order chi connectivity index (χ1) is 42.8. The lowest BCUT2D eigenvalue weighted by Crippen LogP contribution is -2.29. The van der Waals surface area contributed by atoms with E-state index < -0.39 is 53.4 Å². The second kappa shape index (κ2) is 25.1. The number of carbonyl (C=O) groups excluding carboxylic acids is 4. The van der Waals surface area contributed by atoms with Crippen LogP contribution >= 0.6 is 12.0 Å². The van der Waals surface area contributed by atoms with Crippen LogP contribution in [0.25, 0.3) is 22.3 Å². The number of aryl methyl sites for hydroxylation is 2. The monoisotopic (exact) mass is 1250 g/mol. The Kier molecular flexibility index (Phi) is 17.0. The van der Waals surface area contributed by atoms with Crippen molar-refractivity contribution in [3.05, 3.63) is 252 Å². The number of carbonyl (C=O) groups is 4. The second-order valence-corrected chi connectivity index (χ2v) is 24.2. The Hall–Kier alpha value is -10.4. The lowest BCUT2D eigenvalue weighted by Gasteiger charge is -2.15. The molecule has 0 radical (unpaired) electrons. The second-order valence-electron chi connectivity index (χ2n) is 20.1. The SMILES string of the molecule is COc1ccc(C)cc1.Cc1ccc(N2C(=O)c3ccc(-c4ccc5c(c4)C(=O)N(c4ccc(Oc6ccc(-c7ccc(Oc8ccc(S(=O)(=O)c9ccc(Oc%10ccc(N)cc%10)c(SOOO)c9)cc8S(=O)(=O)O)cc7)cc6)cc4)C5=O)cc3C2=O)cc1. The maximum Gasteiger partial charge on any atom is 0.298 e. The van der Waals surface area contributed by atoms with Crippen molar-refractivity contribution >= 4 is 72.7 Å². The quantitative estimate of drug-likeness (QED) is 0.0191. The first-order valence-electron chi connectivity index (χ1n) is 26.8. The van der Waals surface area contributed by atoms with Gasteiger partial charge in [0, 0.05) is 5.69 Å². The zero-order valence-electron chi connectivity index (χ0n) is 47.1. The molecule has 0 aliphatic carbocycles. The average Bonchev–Trinajstić information content (AvgIpc) is 1.85. The highest BCUT2D eigenvalue weighted by Crippen LogP contribution is 2.41.